The highest BCUT2D eigenvalue weighted by Gasteiger charge is 2.17. The van der Waals surface area contributed by atoms with Crippen LogP contribution in [0, 0.1) is 13.8 Å². The first-order valence-electron chi connectivity index (χ1n) is 10.3. The molecule has 3 aromatic heterocycles. The molecule has 0 aliphatic carbocycles. The van der Waals surface area contributed by atoms with Crippen molar-refractivity contribution in [1.82, 2.24) is 29.9 Å². The number of hydrogen-bond acceptors (Lipinski definition) is 4. The Bertz CT molecular complexity index is 1220. The van der Waals surface area contributed by atoms with E-state index in [2.05, 4.69) is 15.5 Å². The number of aryl methyl sites for hydroxylation is 4. The van der Waals surface area contributed by atoms with Crippen LogP contribution >= 0.6 is 0 Å². The number of nitrogens with one attached hydrogen (secondary N) is 1. The highest BCUT2D eigenvalue weighted by atomic mass is 16.1. The topological polar surface area (TPSA) is 77.6 Å². The maximum atomic E-state index is 13.2. The summed E-state index contributed by atoms with van der Waals surface area (Å²) in [6, 6.07) is 9.60. The maximum absolute atomic E-state index is 13.2. The average molecular weight is 403 g/mol. The number of aromatic nitrogens is 5. The van der Waals surface area contributed by atoms with Gasteiger partial charge in [0, 0.05) is 48.5 Å². The fourth-order valence-corrected chi connectivity index (χ4v) is 3.60. The summed E-state index contributed by atoms with van der Waals surface area (Å²) in [6.45, 7) is 10.0. The van der Waals surface area contributed by atoms with E-state index in [1.54, 1.807) is 0 Å². The van der Waals surface area contributed by atoms with Crippen molar-refractivity contribution in [2.75, 3.05) is 0 Å². The van der Waals surface area contributed by atoms with Gasteiger partial charge in [-0.15, -0.1) is 0 Å². The number of hydrogen-bond donors (Lipinski definition) is 1. The minimum absolute atomic E-state index is 0.126. The number of para-hydroxylation sites is 1. The van der Waals surface area contributed by atoms with E-state index in [0.29, 0.717) is 12.1 Å². The Morgan fingerprint density at radius 2 is 1.70 bits per heavy atom. The molecule has 0 atom stereocenters. The molecule has 0 bridgehead atoms. The van der Waals surface area contributed by atoms with Crippen molar-refractivity contribution in [1.29, 1.82) is 0 Å². The molecule has 4 aromatic rings. The molecule has 7 nitrogen and oxygen atoms in total. The molecule has 4 rings (SSSR count). The molecule has 3 heterocycles. The van der Waals surface area contributed by atoms with Gasteiger partial charge in [-0.3, -0.25) is 14.2 Å². The monoisotopic (exact) mass is 402 g/mol. The van der Waals surface area contributed by atoms with Gasteiger partial charge >= 0.3 is 0 Å². The summed E-state index contributed by atoms with van der Waals surface area (Å²) in [4.78, 5) is 18.0. The van der Waals surface area contributed by atoms with Gasteiger partial charge in [-0.05, 0) is 39.8 Å². The van der Waals surface area contributed by atoms with Crippen molar-refractivity contribution in [2.24, 2.45) is 0 Å². The molecule has 7 heteroatoms. The van der Waals surface area contributed by atoms with E-state index in [-0.39, 0.29) is 5.91 Å². The van der Waals surface area contributed by atoms with E-state index in [9.17, 15) is 4.79 Å². The summed E-state index contributed by atoms with van der Waals surface area (Å²) in [5.41, 5.74) is 5.94. The Morgan fingerprint density at radius 3 is 2.40 bits per heavy atom. The number of carbonyl (C=O) groups is 1. The van der Waals surface area contributed by atoms with Gasteiger partial charge < -0.3 is 5.32 Å². The lowest BCUT2D eigenvalue weighted by atomic mass is 10.0. The molecule has 0 radical (unpaired) electrons. The van der Waals surface area contributed by atoms with Gasteiger partial charge in [-0.1, -0.05) is 18.2 Å². The maximum Gasteiger partial charge on any atom is 0.252 e. The Morgan fingerprint density at radius 1 is 1.00 bits per heavy atom. The van der Waals surface area contributed by atoms with Crippen molar-refractivity contribution >= 4 is 16.8 Å². The fourth-order valence-electron chi connectivity index (χ4n) is 3.60. The van der Waals surface area contributed by atoms with E-state index in [1.807, 2.05) is 79.8 Å². The number of rotatable bonds is 6. The Balaban J connectivity index is 1.70. The van der Waals surface area contributed by atoms with Crippen LogP contribution in [0.5, 0.6) is 0 Å². The van der Waals surface area contributed by atoms with Gasteiger partial charge in [0.2, 0.25) is 0 Å². The predicted molar refractivity (Wildman–Crippen MR) is 117 cm³/mol. The average Bonchev–Trinajstić information content (AvgIpc) is 3.32. The fraction of sp³-hybridized carbons (Fsp3) is 0.304. The van der Waals surface area contributed by atoms with Gasteiger partial charge in [-0.25, -0.2) is 4.98 Å². The normalized spacial score (nSPS) is 11.2. The molecular formula is C23H26N6O. The summed E-state index contributed by atoms with van der Waals surface area (Å²) >= 11 is 0. The van der Waals surface area contributed by atoms with E-state index < -0.39 is 0 Å². The highest BCUT2D eigenvalue weighted by Crippen LogP contribution is 2.27. The van der Waals surface area contributed by atoms with Crippen LogP contribution in [0.3, 0.4) is 0 Å². The van der Waals surface area contributed by atoms with Crippen molar-refractivity contribution in [3.8, 4) is 11.3 Å². The largest absolute Gasteiger partial charge is 0.348 e. The number of amides is 1. The van der Waals surface area contributed by atoms with Crippen LogP contribution in [0.25, 0.3) is 22.2 Å². The number of carbonyl (C=O) groups excluding carboxylic acids is 1. The van der Waals surface area contributed by atoms with Crippen molar-refractivity contribution in [3.05, 3.63) is 65.2 Å². The van der Waals surface area contributed by atoms with Gasteiger partial charge in [0.1, 0.15) is 0 Å². The third-order valence-corrected chi connectivity index (χ3v) is 5.32. The lowest BCUT2D eigenvalue weighted by Crippen LogP contribution is -2.23. The first-order chi connectivity index (χ1) is 14.5. The molecule has 30 heavy (non-hydrogen) atoms. The molecule has 1 amide bonds. The number of benzene rings is 1. The zero-order valence-electron chi connectivity index (χ0n) is 17.8. The second-order valence-electron chi connectivity index (χ2n) is 7.33. The number of fused-ring (bicyclic) bond motifs is 1. The van der Waals surface area contributed by atoms with Crippen molar-refractivity contribution < 1.29 is 4.79 Å². The third-order valence-electron chi connectivity index (χ3n) is 5.32. The number of nitrogens with zero attached hydrogens (tertiary/aromatic N) is 5. The number of pyridine rings is 1. The standard InChI is InChI=1S/C23H26N6O/c1-5-28-13-17(15(3)26-28)12-24-23(30)19-11-22(20-14-29(6-2)27-16(20)4)25-21-10-8-7-9-18(19)21/h7-11,13-14H,5-6,12H2,1-4H3,(H,24,30). The molecule has 0 aliphatic rings. The summed E-state index contributed by atoms with van der Waals surface area (Å²) in [6.07, 6.45) is 3.96. The van der Waals surface area contributed by atoms with E-state index in [0.717, 1.165) is 52.2 Å². The lowest BCUT2D eigenvalue weighted by molar-refractivity contribution is 0.0952. The summed E-state index contributed by atoms with van der Waals surface area (Å²) < 4.78 is 3.76. The Hall–Kier alpha value is -3.48. The zero-order valence-corrected chi connectivity index (χ0v) is 17.8. The summed E-state index contributed by atoms with van der Waals surface area (Å²) in [5.74, 6) is -0.126. The van der Waals surface area contributed by atoms with Crippen LogP contribution < -0.4 is 5.32 Å². The predicted octanol–water partition coefficient (Wildman–Crippen LogP) is 3.88. The van der Waals surface area contributed by atoms with Gasteiger partial charge in [-0.2, -0.15) is 10.2 Å². The van der Waals surface area contributed by atoms with E-state index in [1.165, 1.54) is 0 Å². The van der Waals surface area contributed by atoms with Crippen LogP contribution in [0.1, 0.15) is 41.2 Å². The molecule has 0 aliphatic heterocycles. The zero-order chi connectivity index (χ0) is 21.3. The molecule has 0 unspecified atom stereocenters. The Kier molecular flexibility index (Phi) is 5.35. The minimum Gasteiger partial charge on any atom is -0.348 e. The van der Waals surface area contributed by atoms with Gasteiger partial charge in [0.05, 0.1) is 28.2 Å². The smallest absolute Gasteiger partial charge is 0.252 e. The van der Waals surface area contributed by atoms with Crippen LogP contribution in [0.4, 0.5) is 0 Å². The first kappa shape index (κ1) is 19.8. The SMILES string of the molecule is CCn1cc(CNC(=O)c2cc(-c3cn(CC)nc3C)nc3ccccc23)c(C)n1. The van der Waals surface area contributed by atoms with Crippen LogP contribution in [-0.4, -0.2) is 30.5 Å². The molecule has 0 fully saturated rings. The molecule has 0 saturated heterocycles. The summed E-state index contributed by atoms with van der Waals surface area (Å²) in [7, 11) is 0. The van der Waals surface area contributed by atoms with Crippen LogP contribution in [-0.2, 0) is 19.6 Å². The quantitative estimate of drug-likeness (QED) is 0.531. The molecule has 0 saturated carbocycles. The minimum atomic E-state index is -0.126. The molecule has 1 N–H and O–H groups in total. The van der Waals surface area contributed by atoms with Crippen molar-refractivity contribution in [3.63, 3.8) is 0 Å². The summed E-state index contributed by atoms with van der Waals surface area (Å²) in [5, 5.41) is 12.9. The highest BCUT2D eigenvalue weighted by molar-refractivity contribution is 6.07. The van der Waals surface area contributed by atoms with E-state index >= 15 is 0 Å². The molecule has 0 spiro atoms. The third kappa shape index (κ3) is 3.70. The van der Waals surface area contributed by atoms with Crippen LogP contribution in [0.15, 0.2) is 42.7 Å². The van der Waals surface area contributed by atoms with Gasteiger partial charge in [0.15, 0.2) is 0 Å². The van der Waals surface area contributed by atoms with Crippen molar-refractivity contribution in [2.45, 2.75) is 47.3 Å². The second-order valence-corrected chi connectivity index (χ2v) is 7.33. The first-order valence-corrected chi connectivity index (χ1v) is 10.3. The van der Waals surface area contributed by atoms with E-state index in [4.69, 9.17) is 4.98 Å². The Labute approximate surface area is 175 Å². The van der Waals surface area contributed by atoms with Crippen LogP contribution in [0.2, 0.25) is 0 Å². The molecule has 154 valence electrons. The van der Waals surface area contributed by atoms with Gasteiger partial charge in [0.25, 0.3) is 5.91 Å². The molecule has 1 aromatic carbocycles. The lowest BCUT2D eigenvalue weighted by Gasteiger charge is -2.10. The molecular weight excluding hydrogens is 376 g/mol. The second kappa shape index (κ2) is 8.10.